The van der Waals surface area contributed by atoms with Gasteiger partial charge in [-0.25, -0.2) is 14.2 Å². The number of ether oxygens (including phenoxy) is 3. The van der Waals surface area contributed by atoms with E-state index in [0.29, 0.717) is 44.6 Å². The van der Waals surface area contributed by atoms with E-state index in [1.165, 1.54) is 6.07 Å². The molecule has 0 saturated carbocycles. The highest BCUT2D eigenvalue weighted by Crippen LogP contribution is 2.51. The van der Waals surface area contributed by atoms with Crippen LogP contribution in [-0.4, -0.2) is 71.9 Å². The van der Waals surface area contributed by atoms with Gasteiger partial charge in [-0.15, -0.1) is 0 Å². The summed E-state index contributed by atoms with van der Waals surface area (Å²) in [6.45, 7) is 18.5. The fourth-order valence-corrected chi connectivity index (χ4v) is 6.83. The molecule has 2 aliphatic rings. The van der Waals surface area contributed by atoms with E-state index in [4.69, 9.17) is 19.2 Å². The van der Waals surface area contributed by atoms with Crippen molar-refractivity contribution in [3.05, 3.63) is 41.6 Å². The number of aromatic nitrogens is 2. The number of likely N-dealkylation sites (tertiary alicyclic amines) is 1. The van der Waals surface area contributed by atoms with Crippen molar-refractivity contribution in [2.45, 2.75) is 122 Å². The number of carbonyl (C=O) groups is 1. The highest BCUT2D eigenvalue weighted by molar-refractivity contribution is 6.72. The van der Waals surface area contributed by atoms with Crippen molar-refractivity contribution in [1.29, 1.82) is 0 Å². The van der Waals surface area contributed by atoms with Crippen LogP contribution < -0.4 is 0 Å². The molecule has 8 nitrogen and oxygen atoms in total. The molecule has 10 heteroatoms. The third-order valence-electron chi connectivity index (χ3n) is 9.29. The first-order valence-corrected chi connectivity index (χ1v) is 18.7. The van der Waals surface area contributed by atoms with Gasteiger partial charge in [0.05, 0.1) is 12.3 Å². The first-order chi connectivity index (χ1) is 20.0. The number of carbonyl (C=O) groups excluding carboxylic acids is 1. The van der Waals surface area contributed by atoms with Crippen molar-refractivity contribution in [3.63, 3.8) is 0 Å². The van der Waals surface area contributed by atoms with Crippen molar-refractivity contribution in [2.24, 2.45) is 0 Å². The maximum atomic E-state index is 14.2. The molecule has 2 fully saturated rings. The summed E-state index contributed by atoms with van der Waals surface area (Å²) in [7, 11) is -2.58. The number of aryl methyl sites for hydroxylation is 1. The number of amides is 1. The van der Waals surface area contributed by atoms with E-state index in [2.05, 4.69) is 18.4 Å². The summed E-state index contributed by atoms with van der Waals surface area (Å²) in [6, 6.07) is 5.10. The molecule has 0 aliphatic carbocycles. The van der Waals surface area contributed by atoms with E-state index >= 15 is 0 Å². The lowest BCUT2D eigenvalue weighted by Gasteiger charge is -2.47. The van der Waals surface area contributed by atoms with Gasteiger partial charge in [-0.3, -0.25) is 0 Å². The number of rotatable bonds is 9. The van der Waals surface area contributed by atoms with Crippen molar-refractivity contribution < 1.29 is 28.2 Å². The number of imidazole rings is 1. The molecule has 1 aromatic heterocycles. The molecule has 1 atom stereocenters. The Balaban J connectivity index is 1.71. The minimum Gasteiger partial charge on any atom is -0.444 e. The first kappa shape index (κ1) is 33.6. The van der Waals surface area contributed by atoms with E-state index in [0.717, 1.165) is 49.4 Å². The average Bonchev–Trinajstić information content (AvgIpc) is 3.34. The van der Waals surface area contributed by atoms with Crippen molar-refractivity contribution in [1.82, 2.24) is 14.5 Å². The summed E-state index contributed by atoms with van der Waals surface area (Å²) in [6.07, 6.45) is 6.71. The zero-order chi connectivity index (χ0) is 31.6. The molecule has 4 rings (SSSR count). The minimum absolute atomic E-state index is 0.189. The SMILES string of the molecule is Cc1cc(-c2cn(CCOC3CCCCO3)c(C3(CC(C)(C)[Si](C)(C)O)CCN(C(=O)OC(C)(C)C)CC3)n2)ccc1F. The van der Waals surface area contributed by atoms with E-state index in [-0.39, 0.29) is 23.2 Å². The number of nitrogens with zero attached hydrogens (tertiary/aromatic N) is 3. The molecular weight excluding hydrogens is 565 g/mol. The zero-order valence-electron chi connectivity index (χ0n) is 27.5. The van der Waals surface area contributed by atoms with Gasteiger partial charge >= 0.3 is 6.09 Å². The highest BCUT2D eigenvalue weighted by atomic mass is 28.4. The van der Waals surface area contributed by atoms with Crippen molar-refractivity contribution in [2.75, 3.05) is 26.3 Å². The molecule has 0 radical (unpaired) electrons. The van der Waals surface area contributed by atoms with Gasteiger partial charge in [0, 0.05) is 43.4 Å². The van der Waals surface area contributed by atoms with Gasteiger partial charge in [-0.2, -0.15) is 0 Å². The Morgan fingerprint density at radius 3 is 2.47 bits per heavy atom. The molecule has 1 amide bonds. The third-order valence-corrected chi connectivity index (χ3v) is 12.8. The number of hydrogen-bond donors (Lipinski definition) is 1. The fourth-order valence-electron chi connectivity index (χ4n) is 6.06. The van der Waals surface area contributed by atoms with Gasteiger partial charge in [0.25, 0.3) is 0 Å². The van der Waals surface area contributed by atoms with Crippen LogP contribution >= 0.6 is 0 Å². The van der Waals surface area contributed by atoms with Crippen molar-refractivity contribution >= 4 is 14.4 Å². The largest absolute Gasteiger partial charge is 0.444 e. The van der Waals surface area contributed by atoms with Gasteiger partial charge in [-0.05, 0) is 108 Å². The average molecular weight is 618 g/mol. The fraction of sp³-hybridized carbons (Fsp3) is 0.697. The highest BCUT2D eigenvalue weighted by Gasteiger charge is 2.49. The number of benzene rings is 1. The lowest BCUT2D eigenvalue weighted by Crippen LogP contribution is -2.51. The quantitative estimate of drug-likeness (QED) is 0.300. The smallest absolute Gasteiger partial charge is 0.410 e. The molecule has 0 spiro atoms. The summed E-state index contributed by atoms with van der Waals surface area (Å²) >= 11 is 0. The summed E-state index contributed by atoms with van der Waals surface area (Å²) in [5.74, 6) is 0.681. The second-order valence-electron chi connectivity index (χ2n) is 14.6. The summed E-state index contributed by atoms with van der Waals surface area (Å²) in [4.78, 5) is 31.4. The lowest BCUT2D eigenvalue weighted by molar-refractivity contribution is -0.163. The molecule has 1 N–H and O–H groups in total. The number of halogens is 1. The van der Waals surface area contributed by atoms with E-state index < -0.39 is 19.3 Å². The molecule has 240 valence electrons. The standard InChI is InChI=1S/C33H52FN3O5Si/c1-24-21-25(12-13-26(24)34)27-22-37(18-20-41-28-11-9-10-19-40-28)29(35-27)33(23-32(5,6)43(7,8)39)14-16-36(17-15-33)30(38)42-31(2,3)4/h12-13,21-22,28,39H,9-11,14-20,23H2,1-8H3. The maximum absolute atomic E-state index is 14.2. The molecule has 3 heterocycles. The van der Waals surface area contributed by atoms with Crippen LogP contribution in [0.4, 0.5) is 9.18 Å². The van der Waals surface area contributed by atoms with E-state index in [1.54, 1.807) is 17.9 Å². The van der Waals surface area contributed by atoms with Crippen molar-refractivity contribution in [3.8, 4) is 11.3 Å². The minimum atomic E-state index is -2.58. The summed E-state index contributed by atoms with van der Waals surface area (Å²) < 4.78 is 34.0. The normalized spacial score (nSPS) is 19.9. The molecular formula is C33H52FN3O5Si. The van der Waals surface area contributed by atoms with Crippen LogP contribution in [0.25, 0.3) is 11.3 Å². The van der Waals surface area contributed by atoms with Gasteiger partial charge in [0.2, 0.25) is 0 Å². The molecule has 2 saturated heterocycles. The first-order valence-electron chi connectivity index (χ1n) is 15.8. The van der Waals surface area contributed by atoms with Crippen LogP contribution in [-0.2, 0) is 26.2 Å². The molecule has 2 aromatic rings. The second kappa shape index (κ2) is 13.0. The third kappa shape index (κ3) is 8.26. The van der Waals surface area contributed by atoms with Crippen LogP contribution in [0.3, 0.4) is 0 Å². The number of hydrogen-bond acceptors (Lipinski definition) is 6. The van der Waals surface area contributed by atoms with Gasteiger partial charge in [0.15, 0.2) is 14.6 Å². The monoisotopic (exact) mass is 617 g/mol. The Morgan fingerprint density at radius 1 is 1.19 bits per heavy atom. The van der Waals surface area contributed by atoms with Crippen LogP contribution in [0.1, 0.15) is 84.5 Å². The van der Waals surface area contributed by atoms with Crippen LogP contribution in [0, 0.1) is 12.7 Å². The second-order valence-corrected chi connectivity index (χ2v) is 19.1. The molecule has 0 bridgehead atoms. The predicted octanol–water partition coefficient (Wildman–Crippen LogP) is 7.18. The van der Waals surface area contributed by atoms with Crippen LogP contribution in [0.15, 0.2) is 24.4 Å². The van der Waals surface area contributed by atoms with Crippen LogP contribution in [0.5, 0.6) is 0 Å². The van der Waals surface area contributed by atoms with E-state index in [1.807, 2.05) is 46.1 Å². The summed E-state index contributed by atoms with van der Waals surface area (Å²) in [5, 5.41) is -0.322. The topological polar surface area (TPSA) is 86.1 Å². The van der Waals surface area contributed by atoms with Gasteiger partial charge < -0.3 is 28.5 Å². The van der Waals surface area contributed by atoms with Crippen LogP contribution in [0.2, 0.25) is 18.1 Å². The molecule has 43 heavy (non-hydrogen) atoms. The van der Waals surface area contributed by atoms with Gasteiger partial charge in [0.1, 0.15) is 17.2 Å². The van der Waals surface area contributed by atoms with Gasteiger partial charge in [-0.1, -0.05) is 13.8 Å². The van der Waals surface area contributed by atoms with E-state index in [9.17, 15) is 14.0 Å². The Kier molecular flexibility index (Phi) is 10.2. The Morgan fingerprint density at radius 2 is 1.88 bits per heavy atom. The summed E-state index contributed by atoms with van der Waals surface area (Å²) in [5.41, 5.74) is 1.23. The molecule has 1 unspecified atom stereocenters. The zero-order valence-corrected chi connectivity index (χ0v) is 28.5. The Bertz CT molecular complexity index is 1250. The Labute approximate surface area is 258 Å². The maximum Gasteiger partial charge on any atom is 0.410 e. The molecule has 2 aliphatic heterocycles. The molecule has 1 aromatic carbocycles. The lowest BCUT2D eigenvalue weighted by atomic mass is 9.71. The Hall–Kier alpha value is -2.27. The predicted molar refractivity (Wildman–Crippen MR) is 169 cm³/mol. The number of piperidine rings is 1.